The number of amides is 1. The van der Waals surface area contributed by atoms with Crippen molar-refractivity contribution in [2.24, 2.45) is 0 Å². The third-order valence-corrected chi connectivity index (χ3v) is 2.00. The Kier molecular flexibility index (Phi) is 4.52. The molecule has 3 nitrogen and oxygen atoms in total. The number of halogens is 2. The van der Waals surface area contributed by atoms with Gasteiger partial charge in [-0.05, 0) is 24.6 Å². The summed E-state index contributed by atoms with van der Waals surface area (Å²) in [7, 11) is 0. The Morgan fingerprint density at radius 2 is 2.27 bits per heavy atom. The van der Waals surface area contributed by atoms with Crippen LogP contribution in [-0.4, -0.2) is 17.6 Å². The SMILES string of the molecule is O=C(CCCO)Nc1cc(Cl)ccc1F. The molecule has 0 bridgehead atoms. The average molecular weight is 232 g/mol. The molecule has 5 heteroatoms. The minimum Gasteiger partial charge on any atom is -0.396 e. The Bertz CT molecular complexity index is 357. The summed E-state index contributed by atoms with van der Waals surface area (Å²) in [5, 5.41) is 11.2. The maximum atomic E-state index is 13.1. The van der Waals surface area contributed by atoms with Gasteiger partial charge in [-0.3, -0.25) is 4.79 Å². The second-order valence-electron chi connectivity index (χ2n) is 3.00. The average Bonchev–Trinajstić information content (AvgIpc) is 2.20. The Balaban J connectivity index is 2.63. The highest BCUT2D eigenvalue weighted by Crippen LogP contribution is 2.19. The molecule has 15 heavy (non-hydrogen) atoms. The minimum absolute atomic E-state index is 0.0606. The van der Waals surface area contributed by atoms with Crippen molar-refractivity contribution in [3.05, 3.63) is 29.0 Å². The number of anilines is 1. The number of nitrogens with one attached hydrogen (secondary N) is 1. The summed E-state index contributed by atoms with van der Waals surface area (Å²) in [6.07, 6.45) is 0.510. The van der Waals surface area contributed by atoms with Gasteiger partial charge in [0, 0.05) is 18.1 Å². The summed E-state index contributed by atoms with van der Waals surface area (Å²) in [6.45, 7) is -0.0640. The summed E-state index contributed by atoms with van der Waals surface area (Å²) in [6, 6.07) is 3.93. The molecule has 0 radical (unpaired) electrons. The molecule has 0 aromatic heterocycles. The van der Waals surface area contributed by atoms with E-state index < -0.39 is 5.82 Å². The number of carbonyl (C=O) groups is 1. The molecule has 1 aromatic carbocycles. The van der Waals surface area contributed by atoms with Crippen LogP contribution < -0.4 is 5.32 Å². The first-order valence-corrected chi connectivity index (χ1v) is 4.87. The molecule has 1 amide bonds. The second-order valence-corrected chi connectivity index (χ2v) is 3.44. The van der Waals surface area contributed by atoms with Gasteiger partial charge in [0.2, 0.25) is 5.91 Å². The molecule has 0 saturated carbocycles. The van der Waals surface area contributed by atoms with Crippen LogP contribution in [0.3, 0.4) is 0 Å². The van der Waals surface area contributed by atoms with Gasteiger partial charge >= 0.3 is 0 Å². The van der Waals surface area contributed by atoms with Gasteiger partial charge < -0.3 is 10.4 Å². The van der Waals surface area contributed by atoms with E-state index in [1.165, 1.54) is 18.2 Å². The fourth-order valence-corrected chi connectivity index (χ4v) is 1.22. The molecular weight excluding hydrogens is 221 g/mol. The smallest absolute Gasteiger partial charge is 0.224 e. The number of benzene rings is 1. The second kappa shape index (κ2) is 5.68. The van der Waals surface area contributed by atoms with Crippen LogP contribution in [0.25, 0.3) is 0 Å². The maximum Gasteiger partial charge on any atom is 0.224 e. The zero-order valence-corrected chi connectivity index (χ0v) is 8.72. The predicted octanol–water partition coefficient (Wildman–Crippen LogP) is 2.19. The van der Waals surface area contributed by atoms with Gasteiger partial charge in [-0.1, -0.05) is 11.6 Å². The Morgan fingerprint density at radius 3 is 2.93 bits per heavy atom. The summed E-state index contributed by atoms with van der Waals surface area (Å²) in [4.78, 5) is 11.2. The van der Waals surface area contributed by atoms with Crippen LogP contribution in [0.15, 0.2) is 18.2 Å². The molecule has 0 atom stereocenters. The summed E-state index contributed by atoms with van der Waals surface area (Å²) in [5.74, 6) is -0.873. The van der Waals surface area contributed by atoms with Gasteiger partial charge in [0.1, 0.15) is 5.82 Å². The van der Waals surface area contributed by atoms with E-state index in [4.69, 9.17) is 16.7 Å². The maximum absolute atomic E-state index is 13.1. The highest BCUT2D eigenvalue weighted by molar-refractivity contribution is 6.30. The van der Waals surface area contributed by atoms with E-state index in [1.807, 2.05) is 0 Å². The standard InChI is InChI=1S/C10H11ClFNO2/c11-7-3-4-8(12)9(6-7)13-10(15)2-1-5-14/h3-4,6,14H,1-2,5H2,(H,13,15). The number of hydrogen-bond acceptors (Lipinski definition) is 2. The van der Waals surface area contributed by atoms with Gasteiger partial charge in [0.05, 0.1) is 5.69 Å². The Morgan fingerprint density at radius 1 is 1.53 bits per heavy atom. The van der Waals surface area contributed by atoms with E-state index in [1.54, 1.807) is 0 Å². The van der Waals surface area contributed by atoms with Crippen molar-refractivity contribution in [1.29, 1.82) is 0 Å². The topological polar surface area (TPSA) is 49.3 Å². The van der Waals surface area contributed by atoms with Crippen molar-refractivity contribution in [2.45, 2.75) is 12.8 Å². The molecule has 82 valence electrons. The molecule has 2 N–H and O–H groups in total. The molecular formula is C10H11ClFNO2. The molecule has 0 unspecified atom stereocenters. The van der Waals surface area contributed by atoms with Gasteiger partial charge in [0.15, 0.2) is 0 Å². The third kappa shape index (κ3) is 3.85. The molecule has 0 aliphatic heterocycles. The molecule has 0 spiro atoms. The van der Waals surface area contributed by atoms with Gasteiger partial charge in [-0.2, -0.15) is 0 Å². The van der Waals surface area contributed by atoms with Gasteiger partial charge in [-0.25, -0.2) is 4.39 Å². The van der Waals surface area contributed by atoms with E-state index >= 15 is 0 Å². The third-order valence-electron chi connectivity index (χ3n) is 1.76. The highest BCUT2D eigenvalue weighted by atomic mass is 35.5. The van der Waals surface area contributed by atoms with Crippen LogP contribution in [0.1, 0.15) is 12.8 Å². The number of hydrogen-bond donors (Lipinski definition) is 2. The Hall–Kier alpha value is -1.13. The summed E-state index contributed by atoms with van der Waals surface area (Å²) in [5.41, 5.74) is 0.0606. The largest absolute Gasteiger partial charge is 0.396 e. The lowest BCUT2D eigenvalue weighted by Crippen LogP contribution is -2.12. The van der Waals surface area contributed by atoms with Crippen LogP contribution in [0.4, 0.5) is 10.1 Å². The van der Waals surface area contributed by atoms with E-state index in [9.17, 15) is 9.18 Å². The van der Waals surface area contributed by atoms with Crippen molar-refractivity contribution in [3.8, 4) is 0 Å². The number of carbonyl (C=O) groups excluding carboxylic acids is 1. The first-order chi connectivity index (χ1) is 7.13. The predicted molar refractivity (Wildman–Crippen MR) is 56.4 cm³/mol. The zero-order valence-electron chi connectivity index (χ0n) is 7.96. The lowest BCUT2D eigenvalue weighted by atomic mass is 10.2. The fourth-order valence-electron chi connectivity index (χ4n) is 1.05. The van der Waals surface area contributed by atoms with Crippen LogP contribution in [0, 0.1) is 5.82 Å². The molecule has 0 fully saturated rings. The molecule has 0 aliphatic rings. The van der Waals surface area contributed by atoms with Crippen molar-refractivity contribution in [1.82, 2.24) is 0 Å². The van der Waals surface area contributed by atoms with Crippen molar-refractivity contribution in [2.75, 3.05) is 11.9 Å². The van der Waals surface area contributed by atoms with Crippen molar-refractivity contribution >= 4 is 23.2 Å². The van der Waals surface area contributed by atoms with Crippen LogP contribution in [-0.2, 0) is 4.79 Å². The number of rotatable bonds is 4. The van der Waals surface area contributed by atoms with Gasteiger partial charge in [0.25, 0.3) is 0 Å². The van der Waals surface area contributed by atoms with Crippen molar-refractivity contribution in [3.63, 3.8) is 0 Å². The lowest BCUT2D eigenvalue weighted by Gasteiger charge is -2.05. The van der Waals surface area contributed by atoms with Crippen LogP contribution in [0.2, 0.25) is 5.02 Å². The summed E-state index contributed by atoms with van der Waals surface area (Å²) < 4.78 is 13.1. The van der Waals surface area contributed by atoms with E-state index in [0.29, 0.717) is 11.4 Å². The monoisotopic (exact) mass is 231 g/mol. The molecule has 0 saturated heterocycles. The van der Waals surface area contributed by atoms with Gasteiger partial charge in [-0.15, -0.1) is 0 Å². The molecule has 1 rings (SSSR count). The van der Waals surface area contributed by atoms with Crippen molar-refractivity contribution < 1.29 is 14.3 Å². The van der Waals surface area contributed by atoms with E-state index in [2.05, 4.69) is 5.32 Å². The molecule has 1 aromatic rings. The molecule has 0 aliphatic carbocycles. The minimum atomic E-state index is -0.531. The van der Waals surface area contributed by atoms with E-state index in [-0.39, 0.29) is 24.6 Å². The number of aliphatic hydroxyl groups is 1. The lowest BCUT2D eigenvalue weighted by molar-refractivity contribution is -0.116. The fraction of sp³-hybridized carbons (Fsp3) is 0.300. The first-order valence-electron chi connectivity index (χ1n) is 4.49. The van der Waals surface area contributed by atoms with E-state index in [0.717, 1.165) is 0 Å². The van der Waals surface area contributed by atoms with Crippen LogP contribution in [0.5, 0.6) is 0 Å². The summed E-state index contributed by atoms with van der Waals surface area (Å²) >= 11 is 5.65. The quantitative estimate of drug-likeness (QED) is 0.835. The molecule has 0 heterocycles. The first kappa shape index (κ1) is 11.9. The normalized spacial score (nSPS) is 10.1. The number of aliphatic hydroxyl groups excluding tert-OH is 1. The van der Waals surface area contributed by atoms with Crippen LogP contribution >= 0.6 is 11.6 Å². The Labute approximate surface area is 91.9 Å². The highest BCUT2D eigenvalue weighted by Gasteiger charge is 2.06. The zero-order chi connectivity index (χ0) is 11.3.